The molecular weight excluding hydrogens is 190 g/mol. The Bertz CT molecular complexity index is 149. The molecule has 0 heterocycles. The molecule has 15 heavy (non-hydrogen) atoms. The number of carbonyl (C=O) groups excluding carboxylic acids is 1. The molecule has 0 aliphatic heterocycles. The predicted molar refractivity (Wildman–Crippen MR) is 63.0 cm³/mol. The zero-order valence-corrected chi connectivity index (χ0v) is 10.2. The lowest BCUT2D eigenvalue weighted by atomic mass is 10.1. The van der Waals surface area contributed by atoms with Crippen molar-refractivity contribution in [1.82, 2.24) is 5.32 Å². The van der Waals surface area contributed by atoms with Crippen LogP contribution in [0.2, 0.25) is 0 Å². The average Bonchev–Trinajstić information content (AvgIpc) is 2.23. The van der Waals surface area contributed by atoms with Crippen LogP contribution in [0.4, 0.5) is 4.79 Å². The molecule has 90 valence electrons. The van der Waals surface area contributed by atoms with Gasteiger partial charge in [0.25, 0.3) is 0 Å². The highest BCUT2D eigenvalue weighted by atomic mass is 16.5. The minimum absolute atomic E-state index is 0.265. The van der Waals surface area contributed by atoms with Crippen molar-refractivity contribution in [3.63, 3.8) is 0 Å². The van der Waals surface area contributed by atoms with E-state index in [1.807, 2.05) is 0 Å². The van der Waals surface area contributed by atoms with E-state index in [9.17, 15) is 4.79 Å². The molecule has 0 aliphatic rings. The van der Waals surface area contributed by atoms with Crippen molar-refractivity contribution in [2.45, 2.75) is 58.8 Å². The van der Waals surface area contributed by atoms with Crippen LogP contribution in [0.15, 0.2) is 0 Å². The number of unbranched alkanes of at least 4 members (excludes halogenated alkanes) is 5. The smallest absolute Gasteiger partial charge is 0.407 e. The van der Waals surface area contributed by atoms with Crippen LogP contribution in [0.3, 0.4) is 0 Å². The van der Waals surface area contributed by atoms with Gasteiger partial charge in [0.15, 0.2) is 0 Å². The summed E-state index contributed by atoms with van der Waals surface area (Å²) in [6, 6.07) is 0. The largest absolute Gasteiger partial charge is 0.450 e. The first-order valence-corrected chi connectivity index (χ1v) is 6.21. The topological polar surface area (TPSA) is 38.3 Å². The Kier molecular flexibility index (Phi) is 10.8. The van der Waals surface area contributed by atoms with Crippen molar-refractivity contribution in [2.24, 2.45) is 0 Å². The second-order valence-electron chi connectivity index (χ2n) is 3.83. The zero-order valence-electron chi connectivity index (χ0n) is 10.2. The summed E-state index contributed by atoms with van der Waals surface area (Å²) in [7, 11) is 0. The first-order valence-electron chi connectivity index (χ1n) is 6.21. The third kappa shape index (κ3) is 11.2. The van der Waals surface area contributed by atoms with E-state index in [2.05, 4.69) is 19.2 Å². The standard InChI is InChI=1S/C12H25NO2/c1-3-5-7-8-9-10-13-12(14)15-11-6-4-2/h3-11H2,1-2H3,(H,13,14). The fourth-order valence-corrected chi connectivity index (χ4v) is 1.28. The van der Waals surface area contributed by atoms with Crippen LogP contribution in [-0.4, -0.2) is 19.2 Å². The predicted octanol–water partition coefficient (Wildman–Crippen LogP) is 3.48. The van der Waals surface area contributed by atoms with Gasteiger partial charge in [0.1, 0.15) is 0 Å². The molecule has 0 bridgehead atoms. The van der Waals surface area contributed by atoms with E-state index in [-0.39, 0.29) is 6.09 Å². The Morgan fingerprint density at radius 1 is 1.00 bits per heavy atom. The molecule has 0 radical (unpaired) electrons. The van der Waals surface area contributed by atoms with Gasteiger partial charge >= 0.3 is 6.09 Å². The fraction of sp³-hybridized carbons (Fsp3) is 0.917. The van der Waals surface area contributed by atoms with Crippen LogP contribution in [0.1, 0.15) is 58.8 Å². The van der Waals surface area contributed by atoms with Gasteiger partial charge < -0.3 is 10.1 Å². The molecule has 0 saturated carbocycles. The van der Waals surface area contributed by atoms with Gasteiger partial charge in [0, 0.05) is 6.54 Å². The van der Waals surface area contributed by atoms with Gasteiger partial charge in [0.2, 0.25) is 0 Å². The Balaban J connectivity index is 3.10. The number of amides is 1. The van der Waals surface area contributed by atoms with Crippen molar-refractivity contribution >= 4 is 6.09 Å². The van der Waals surface area contributed by atoms with Gasteiger partial charge in [0.05, 0.1) is 6.61 Å². The summed E-state index contributed by atoms with van der Waals surface area (Å²) in [6.07, 6.45) is 7.82. The monoisotopic (exact) mass is 215 g/mol. The molecule has 0 spiro atoms. The number of carbonyl (C=O) groups is 1. The normalized spacial score (nSPS) is 10.0. The minimum atomic E-state index is -0.265. The van der Waals surface area contributed by atoms with Gasteiger partial charge in [-0.1, -0.05) is 46.0 Å². The molecule has 0 aromatic carbocycles. The van der Waals surface area contributed by atoms with E-state index < -0.39 is 0 Å². The molecule has 0 aromatic heterocycles. The minimum Gasteiger partial charge on any atom is -0.450 e. The number of hydrogen-bond acceptors (Lipinski definition) is 2. The highest BCUT2D eigenvalue weighted by Gasteiger charge is 1.99. The molecule has 0 aromatic rings. The highest BCUT2D eigenvalue weighted by Crippen LogP contribution is 2.01. The second-order valence-corrected chi connectivity index (χ2v) is 3.83. The molecule has 0 saturated heterocycles. The van der Waals surface area contributed by atoms with E-state index >= 15 is 0 Å². The van der Waals surface area contributed by atoms with Gasteiger partial charge in [-0.2, -0.15) is 0 Å². The molecular formula is C12H25NO2. The van der Waals surface area contributed by atoms with Crippen LogP contribution < -0.4 is 5.32 Å². The van der Waals surface area contributed by atoms with Gasteiger partial charge in [-0.3, -0.25) is 0 Å². The van der Waals surface area contributed by atoms with Gasteiger partial charge in [-0.25, -0.2) is 4.79 Å². The van der Waals surface area contributed by atoms with Crippen molar-refractivity contribution in [1.29, 1.82) is 0 Å². The first kappa shape index (κ1) is 14.3. The second kappa shape index (κ2) is 11.3. The molecule has 0 rings (SSSR count). The maximum atomic E-state index is 11.1. The van der Waals surface area contributed by atoms with Crippen molar-refractivity contribution < 1.29 is 9.53 Å². The van der Waals surface area contributed by atoms with Crippen LogP contribution >= 0.6 is 0 Å². The maximum absolute atomic E-state index is 11.1. The summed E-state index contributed by atoms with van der Waals surface area (Å²) in [4.78, 5) is 11.1. The lowest BCUT2D eigenvalue weighted by Gasteiger charge is -2.05. The molecule has 0 fully saturated rings. The maximum Gasteiger partial charge on any atom is 0.407 e. The average molecular weight is 215 g/mol. The molecule has 1 N–H and O–H groups in total. The Morgan fingerprint density at radius 2 is 1.67 bits per heavy atom. The summed E-state index contributed by atoms with van der Waals surface area (Å²) >= 11 is 0. The van der Waals surface area contributed by atoms with Gasteiger partial charge in [-0.15, -0.1) is 0 Å². The van der Waals surface area contributed by atoms with E-state index in [0.29, 0.717) is 6.61 Å². The number of alkyl carbamates (subject to hydrolysis) is 1. The lowest BCUT2D eigenvalue weighted by molar-refractivity contribution is 0.144. The third-order valence-electron chi connectivity index (χ3n) is 2.28. The Labute approximate surface area is 93.6 Å². The molecule has 0 unspecified atom stereocenters. The van der Waals surface area contributed by atoms with E-state index in [4.69, 9.17) is 4.74 Å². The first-order chi connectivity index (χ1) is 7.31. The van der Waals surface area contributed by atoms with E-state index in [0.717, 1.165) is 25.8 Å². The molecule has 0 aliphatic carbocycles. The van der Waals surface area contributed by atoms with Crippen LogP contribution in [0, 0.1) is 0 Å². The lowest BCUT2D eigenvalue weighted by Crippen LogP contribution is -2.25. The third-order valence-corrected chi connectivity index (χ3v) is 2.28. The van der Waals surface area contributed by atoms with Gasteiger partial charge in [-0.05, 0) is 12.8 Å². The SMILES string of the molecule is CCCCCCCNC(=O)OCCCC. The van der Waals surface area contributed by atoms with E-state index in [1.165, 1.54) is 25.7 Å². The Morgan fingerprint density at radius 3 is 2.33 bits per heavy atom. The van der Waals surface area contributed by atoms with E-state index in [1.54, 1.807) is 0 Å². The highest BCUT2D eigenvalue weighted by molar-refractivity contribution is 5.66. The molecule has 3 nitrogen and oxygen atoms in total. The van der Waals surface area contributed by atoms with Crippen molar-refractivity contribution in [3.05, 3.63) is 0 Å². The quantitative estimate of drug-likeness (QED) is 0.598. The van der Waals surface area contributed by atoms with Crippen LogP contribution in [-0.2, 0) is 4.74 Å². The molecule has 3 heteroatoms. The summed E-state index contributed by atoms with van der Waals surface area (Å²) < 4.78 is 4.96. The number of rotatable bonds is 9. The van der Waals surface area contributed by atoms with Crippen LogP contribution in [0.5, 0.6) is 0 Å². The zero-order chi connectivity index (χ0) is 11.4. The summed E-state index contributed by atoms with van der Waals surface area (Å²) in [5, 5.41) is 2.76. The Hall–Kier alpha value is -0.730. The van der Waals surface area contributed by atoms with Crippen molar-refractivity contribution in [2.75, 3.05) is 13.2 Å². The van der Waals surface area contributed by atoms with Crippen molar-refractivity contribution in [3.8, 4) is 0 Å². The number of nitrogens with one attached hydrogen (secondary N) is 1. The number of hydrogen-bond donors (Lipinski definition) is 1. The molecule has 1 amide bonds. The summed E-state index contributed by atoms with van der Waals surface area (Å²) in [6.45, 7) is 5.56. The molecule has 0 atom stereocenters. The fourth-order valence-electron chi connectivity index (χ4n) is 1.28. The summed E-state index contributed by atoms with van der Waals surface area (Å²) in [5.41, 5.74) is 0. The number of ether oxygens (including phenoxy) is 1. The van der Waals surface area contributed by atoms with Crippen LogP contribution in [0.25, 0.3) is 0 Å². The summed E-state index contributed by atoms with van der Waals surface area (Å²) in [5.74, 6) is 0.